The summed E-state index contributed by atoms with van der Waals surface area (Å²) in [5.41, 5.74) is 0.896. The van der Waals surface area contributed by atoms with E-state index in [0.29, 0.717) is 63.4 Å². The highest BCUT2D eigenvalue weighted by atomic mass is 16.7. The molecule has 0 aromatic carbocycles. The Kier molecular flexibility index (Phi) is 5.34. The first-order valence-electron chi connectivity index (χ1n) is 8.90. The third-order valence-electron chi connectivity index (χ3n) is 4.91. The molecule has 136 valence electrons. The second-order valence-electron chi connectivity index (χ2n) is 6.34. The van der Waals surface area contributed by atoms with Crippen LogP contribution < -0.4 is 0 Å². The number of ether oxygens (including phenoxy) is 2. The summed E-state index contributed by atoms with van der Waals surface area (Å²) in [6, 6.07) is 1.64. The Morgan fingerprint density at radius 3 is 2.32 bits per heavy atom. The molecule has 0 atom stereocenters. The van der Waals surface area contributed by atoms with Gasteiger partial charge in [0.1, 0.15) is 0 Å². The molecule has 2 fully saturated rings. The highest BCUT2D eigenvalue weighted by molar-refractivity contribution is 5.99. The zero-order chi connectivity index (χ0) is 17.9. The molecule has 1 aromatic rings. The molecule has 2 aliphatic rings. The van der Waals surface area contributed by atoms with Crippen LogP contribution >= 0.6 is 0 Å². The number of likely N-dealkylation sites (tertiary alicyclic amines) is 1. The summed E-state index contributed by atoms with van der Waals surface area (Å²) in [5.74, 6) is -0.706. The van der Waals surface area contributed by atoms with E-state index in [1.807, 2.05) is 13.8 Å². The maximum absolute atomic E-state index is 12.8. The SMILES string of the molecule is CCN(CC)C(=O)c1cncc(C(=O)N2CCC3(CC2)OCCO3)c1. The Labute approximate surface area is 147 Å². The monoisotopic (exact) mass is 347 g/mol. The molecule has 2 saturated heterocycles. The van der Waals surface area contributed by atoms with E-state index in [1.54, 1.807) is 15.9 Å². The minimum absolute atomic E-state index is 0.0995. The maximum atomic E-state index is 12.8. The lowest BCUT2D eigenvalue weighted by Gasteiger charge is -2.37. The first kappa shape index (κ1) is 17.8. The van der Waals surface area contributed by atoms with Gasteiger partial charge in [-0.1, -0.05) is 0 Å². The number of piperidine rings is 1. The van der Waals surface area contributed by atoms with Gasteiger partial charge in [0.05, 0.1) is 24.3 Å². The molecular weight excluding hydrogens is 322 g/mol. The average molecular weight is 347 g/mol. The third kappa shape index (κ3) is 3.67. The van der Waals surface area contributed by atoms with Gasteiger partial charge in [0.25, 0.3) is 11.8 Å². The number of nitrogens with zero attached hydrogens (tertiary/aromatic N) is 3. The van der Waals surface area contributed by atoms with Gasteiger partial charge >= 0.3 is 0 Å². The van der Waals surface area contributed by atoms with Crippen molar-refractivity contribution in [2.24, 2.45) is 0 Å². The molecular formula is C18H25N3O4. The summed E-state index contributed by atoms with van der Waals surface area (Å²) in [6.07, 6.45) is 4.38. The Morgan fingerprint density at radius 1 is 1.12 bits per heavy atom. The maximum Gasteiger partial charge on any atom is 0.255 e. The van der Waals surface area contributed by atoms with Gasteiger partial charge in [-0.3, -0.25) is 14.6 Å². The molecule has 0 N–H and O–H groups in total. The van der Waals surface area contributed by atoms with Gasteiger partial charge in [0.15, 0.2) is 5.79 Å². The van der Waals surface area contributed by atoms with E-state index in [-0.39, 0.29) is 11.8 Å². The van der Waals surface area contributed by atoms with Gasteiger partial charge in [-0.15, -0.1) is 0 Å². The van der Waals surface area contributed by atoms with E-state index in [2.05, 4.69) is 4.98 Å². The van der Waals surface area contributed by atoms with E-state index >= 15 is 0 Å². The molecule has 0 aliphatic carbocycles. The molecule has 1 aromatic heterocycles. The van der Waals surface area contributed by atoms with Crippen molar-refractivity contribution in [1.82, 2.24) is 14.8 Å². The zero-order valence-corrected chi connectivity index (χ0v) is 14.9. The predicted molar refractivity (Wildman–Crippen MR) is 91.3 cm³/mol. The Balaban J connectivity index is 1.68. The molecule has 0 bridgehead atoms. The molecule has 3 heterocycles. The van der Waals surface area contributed by atoms with E-state index in [1.165, 1.54) is 12.4 Å². The van der Waals surface area contributed by atoms with E-state index in [9.17, 15) is 9.59 Å². The lowest BCUT2D eigenvalue weighted by molar-refractivity contribution is -0.181. The number of carbonyl (C=O) groups excluding carboxylic acids is 2. The van der Waals surface area contributed by atoms with E-state index in [4.69, 9.17) is 9.47 Å². The predicted octanol–water partition coefficient (Wildman–Crippen LogP) is 1.54. The van der Waals surface area contributed by atoms with Gasteiger partial charge in [-0.05, 0) is 19.9 Å². The summed E-state index contributed by atoms with van der Waals surface area (Å²) in [5, 5.41) is 0. The molecule has 3 rings (SSSR count). The topological polar surface area (TPSA) is 72.0 Å². The van der Waals surface area contributed by atoms with Crippen molar-refractivity contribution < 1.29 is 19.1 Å². The quantitative estimate of drug-likeness (QED) is 0.826. The molecule has 2 amide bonds. The number of aromatic nitrogens is 1. The first-order chi connectivity index (χ1) is 12.1. The van der Waals surface area contributed by atoms with Crippen molar-refractivity contribution in [2.45, 2.75) is 32.5 Å². The molecule has 7 nitrogen and oxygen atoms in total. The van der Waals surface area contributed by atoms with Gasteiger partial charge in [-0.2, -0.15) is 0 Å². The van der Waals surface area contributed by atoms with Gasteiger partial charge in [-0.25, -0.2) is 0 Å². The van der Waals surface area contributed by atoms with Crippen molar-refractivity contribution >= 4 is 11.8 Å². The van der Waals surface area contributed by atoms with Crippen LogP contribution in [0.15, 0.2) is 18.5 Å². The van der Waals surface area contributed by atoms with Crippen LogP contribution in [0.4, 0.5) is 0 Å². The van der Waals surface area contributed by atoms with Gasteiger partial charge in [0.2, 0.25) is 0 Å². The highest BCUT2D eigenvalue weighted by Crippen LogP contribution is 2.31. The highest BCUT2D eigenvalue weighted by Gasteiger charge is 2.40. The van der Waals surface area contributed by atoms with E-state index in [0.717, 1.165) is 0 Å². The number of rotatable bonds is 4. The molecule has 2 aliphatic heterocycles. The minimum Gasteiger partial charge on any atom is -0.347 e. The summed E-state index contributed by atoms with van der Waals surface area (Å²) < 4.78 is 11.4. The fourth-order valence-corrected chi connectivity index (χ4v) is 3.39. The van der Waals surface area contributed by atoms with Crippen molar-refractivity contribution in [3.63, 3.8) is 0 Å². The lowest BCUT2D eigenvalue weighted by atomic mass is 10.0. The Morgan fingerprint density at radius 2 is 1.72 bits per heavy atom. The number of amides is 2. The summed E-state index contributed by atoms with van der Waals surface area (Å²) in [6.45, 7) is 7.51. The van der Waals surface area contributed by atoms with Gasteiger partial charge < -0.3 is 19.3 Å². The van der Waals surface area contributed by atoms with Crippen LogP contribution in [0.5, 0.6) is 0 Å². The molecule has 0 unspecified atom stereocenters. The standard InChI is InChI=1S/C18H25N3O4/c1-3-20(4-2)16(22)14-11-15(13-19-12-14)17(23)21-7-5-18(6-8-21)24-9-10-25-18/h11-13H,3-10H2,1-2H3. The van der Waals surface area contributed by atoms with Crippen LogP contribution in [0.3, 0.4) is 0 Å². The summed E-state index contributed by atoms with van der Waals surface area (Å²) >= 11 is 0. The molecule has 0 radical (unpaired) electrons. The van der Waals surface area contributed by atoms with Crippen LogP contribution in [-0.4, -0.2) is 71.8 Å². The van der Waals surface area contributed by atoms with Gasteiger partial charge in [0, 0.05) is 51.4 Å². The van der Waals surface area contributed by atoms with Crippen LogP contribution in [0.2, 0.25) is 0 Å². The number of pyridine rings is 1. The van der Waals surface area contributed by atoms with Crippen LogP contribution in [-0.2, 0) is 9.47 Å². The largest absolute Gasteiger partial charge is 0.347 e. The Hall–Kier alpha value is -1.99. The zero-order valence-electron chi connectivity index (χ0n) is 14.9. The smallest absolute Gasteiger partial charge is 0.255 e. The minimum atomic E-state index is -0.504. The summed E-state index contributed by atoms with van der Waals surface area (Å²) in [4.78, 5) is 32.8. The number of hydrogen-bond acceptors (Lipinski definition) is 5. The molecule has 7 heteroatoms. The fraction of sp³-hybridized carbons (Fsp3) is 0.611. The first-order valence-corrected chi connectivity index (χ1v) is 8.90. The number of hydrogen-bond donors (Lipinski definition) is 0. The number of carbonyl (C=O) groups is 2. The van der Waals surface area contributed by atoms with Crippen molar-refractivity contribution in [2.75, 3.05) is 39.4 Å². The second kappa shape index (κ2) is 7.49. The van der Waals surface area contributed by atoms with Crippen LogP contribution in [0.25, 0.3) is 0 Å². The second-order valence-corrected chi connectivity index (χ2v) is 6.34. The van der Waals surface area contributed by atoms with Crippen molar-refractivity contribution in [1.29, 1.82) is 0 Å². The van der Waals surface area contributed by atoms with Crippen LogP contribution in [0.1, 0.15) is 47.4 Å². The fourth-order valence-electron chi connectivity index (χ4n) is 3.39. The van der Waals surface area contributed by atoms with E-state index < -0.39 is 5.79 Å². The Bertz CT molecular complexity index is 629. The normalized spacial score (nSPS) is 19.2. The van der Waals surface area contributed by atoms with Crippen molar-refractivity contribution in [3.8, 4) is 0 Å². The molecule has 0 saturated carbocycles. The van der Waals surface area contributed by atoms with Crippen molar-refractivity contribution in [3.05, 3.63) is 29.6 Å². The molecule has 25 heavy (non-hydrogen) atoms. The molecule has 1 spiro atoms. The average Bonchev–Trinajstić information content (AvgIpc) is 3.11. The lowest BCUT2D eigenvalue weighted by Crippen LogP contribution is -2.47. The third-order valence-corrected chi connectivity index (χ3v) is 4.91. The summed E-state index contributed by atoms with van der Waals surface area (Å²) in [7, 11) is 0. The van der Waals surface area contributed by atoms with Crippen LogP contribution in [0, 0.1) is 0 Å².